The molecule has 1 unspecified atom stereocenters. The van der Waals surface area contributed by atoms with Gasteiger partial charge in [-0.3, -0.25) is 0 Å². The van der Waals surface area contributed by atoms with Gasteiger partial charge in [0.05, 0.1) is 0 Å². The minimum Gasteiger partial charge on any atom is -0.396 e. The molecule has 0 spiro atoms. The summed E-state index contributed by atoms with van der Waals surface area (Å²) in [5, 5.41) is 12.1. The molecule has 1 aromatic rings. The molecule has 0 amide bonds. The zero-order valence-corrected chi connectivity index (χ0v) is 10.3. The van der Waals surface area contributed by atoms with E-state index in [1.54, 1.807) is 0 Å². The second kappa shape index (κ2) is 6.07. The van der Waals surface area contributed by atoms with Crippen LogP contribution in [0.2, 0.25) is 0 Å². The summed E-state index contributed by atoms with van der Waals surface area (Å²) in [5.74, 6) is -1.08. The third-order valence-corrected chi connectivity index (χ3v) is 3.20. The van der Waals surface area contributed by atoms with Crippen LogP contribution in [0.1, 0.15) is 32.3 Å². The summed E-state index contributed by atoms with van der Waals surface area (Å²) in [5.41, 5.74) is -0.256. The molecule has 0 saturated carbocycles. The minimum atomic E-state index is -0.542. The highest BCUT2D eigenvalue weighted by molar-refractivity contribution is 5.19. The van der Waals surface area contributed by atoms with E-state index in [0.29, 0.717) is 6.42 Å². The molecule has 0 fully saturated rings. The first-order valence-electron chi connectivity index (χ1n) is 5.81. The maximum atomic E-state index is 13.4. The van der Waals surface area contributed by atoms with E-state index in [2.05, 4.69) is 5.32 Å². The molecule has 0 bridgehead atoms. The van der Waals surface area contributed by atoms with Crippen molar-refractivity contribution in [1.82, 2.24) is 5.32 Å². The van der Waals surface area contributed by atoms with Gasteiger partial charge in [-0.15, -0.1) is 0 Å². The van der Waals surface area contributed by atoms with E-state index < -0.39 is 11.6 Å². The van der Waals surface area contributed by atoms with Crippen LogP contribution in [0.25, 0.3) is 0 Å². The Hall–Kier alpha value is -1.00. The molecule has 0 aliphatic carbocycles. The number of benzene rings is 1. The highest BCUT2D eigenvalue weighted by Crippen LogP contribution is 2.17. The van der Waals surface area contributed by atoms with Gasteiger partial charge in [-0.2, -0.15) is 0 Å². The first-order chi connectivity index (χ1) is 8.02. The Morgan fingerprint density at radius 3 is 2.35 bits per heavy atom. The monoisotopic (exact) mass is 243 g/mol. The summed E-state index contributed by atoms with van der Waals surface area (Å²) in [6, 6.07) is 3.84. The van der Waals surface area contributed by atoms with E-state index in [1.165, 1.54) is 18.2 Å². The molecule has 0 aliphatic rings. The average Bonchev–Trinajstić information content (AvgIpc) is 2.29. The Morgan fingerprint density at radius 2 is 1.88 bits per heavy atom. The van der Waals surface area contributed by atoms with Crippen molar-refractivity contribution in [2.45, 2.75) is 38.8 Å². The number of hydrogen-bond donors (Lipinski definition) is 2. The van der Waals surface area contributed by atoms with Gasteiger partial charge < -0.3 is 10.4 Å². The van der Waals surface area contributed by atoms with Crippen molar-refractivity contribution in [3.05, 3.63) is 35.4 Å². The van der Waals surface area contributed by atoms with Gasteiger partial charge >= 0.3 is 0 Å². The molecule has 0 saturated heterocycles. The smallest absolute Gasteiger partial charge is 0.130 e. The van der Waals surface area contributed by atoms with Crippen molar-refractivity contribution in [2.75, 3.05) is 6.61 Å². The number of rotatable bonds is 6. The fourth-order valence-corrected chi connectivity index (χ4v) is 1.64. The number of aliphatic hydroxyl groups excluding tert-OH is 1. The van der Waals surface area contributed by atoms with Crippen LogP contribution in [0.15, 0.2) is 18.2 Å². The highest BCUT2D eigenvalue weighted by Gasteiger charge is 2.21. The van der Waals surface area contributed by atoms with E-state index in [0.717, 1.165) is 6.42 Å². The average molecular weight is 243 g/mol. The summed E-state index contributed by atoms with van der Waals surface area (Å²) in [4.78, 5) is 0. The lowest BCUT2D eigenvalue weighted by atomic mass is 9.94. The number of aliphatic hydroxyl groups is 1. The fourth-order valence-electron chi connectivity index (χ4n) is 1.64. The highest BCUT2D eigenvalue weighted by atomic mass is 19.1. The van der Waals surface area contributed by atoms with Crippen LogP contribution >= 0.6 is 0 Å². The first-order valence-corrected chi connectivity index (χ1v) is 5.81. The predicted octanol–water partition coefficient (Wildman–Crippen LogP) is 2.61. The summed E-state index contributed by atoms with van der Waals surface area (Å²) in [6.07, 6.45) is 1.34. The Morgan fingerprint density at radius 1 is 1.29 bits per heavy atom. The Balaban J connectivity index is 2.72. The minimum absolute atomic E-state index is 0.0464. The van der Waals surface area contributed by atoms with Crippen LogP contribution in [0.5, 0.6) is 0 Å². The van der Waals surface area contributed by atoms with Crippen molar-refractivity contribution >= 4 is 0 Å². The lowest BCUT2D eigenvalue weighted by Gasteiger charge is -2.29. The Bertz CT molecular complexity index is 350. The zero-order valence-electron chi connectivity index (χ0n) is 10.3. The van der Waals surface area contributed by atoms with Crippen LogP contribution in [0.3, 0.4) is 0 Å². The molecule has 17 heavy (non-hydrogen) atoms. The first kappa shape index (κ1) is 14.1. The molecule has 1 rings (SSSR count). The van der Waals surface area contributed by atoms with Gasteiger partial charge in [-0.25, -0.2) is 8.78 Å². The number of hydrogen-bond acceptors (Lipinski definition) is 2. The van der Waals surface area contributed by atoms with E-state index in [9.17, 15) is 8.78 Å². The fraction of sp³-hybridized carbons (Fsp3) is 0.538. The molecule has 0 aromatic heterocycles. The molecule has 0 radical (unpaired) electrons. The van der Waals surface area contributed by atoms with Gasteiger partial charge in [0.2, 0.25) is 0 Å². The standard InChI is InChI=1S/C13H19F2NO/c1-3-13(2,7-8-17)16-9-10-11(14)5-4-6-12(10)15/h4-6,16-17H,3,7-9H2,1-2H3. The molecule has 2 N–H and O–H groups in total. The van der Waals surface area contributed by atoms with Crippen molar-refractivity contribution in [2.24, 2.45) is 0 Å². The number of nitrogens with one attached hydrogen (secondary N) is 1. The maximum Gasteiger partial charge on any atom is 0.130 e. The van der Waals surface area contributed by atoms with Gasteiger partial charge in [0.25, 0.3) is 0 Å². The van der Waals surface area contributed by atoms with E-state index in [-0.39, 0.29) is 24.3 Å². The second-order valence-electron chi connectivity index (χ2n) is 4.44. The summed E-state index contributed by atoms with van der Waals surface area (Å²) >= 11 is 0. The van der Waals surface area contributed by atoms with Crippen molar-refractivity contribution < 1.29 is 13.9 Å². The topological polar surface area (TPSA) is 32.3 Å². The summed E-state index contributed by atoms with van der Waals surface area (Å²) in [7, 11) is 0. The Labute approximate surface area is 101 Å². The van der Waals surface area contributed by atoms with E-state index in [4.69, 9.17) is 5.11 Å². The normalized spacial score (nSPS) is 14.6. The molecule has 2 nitrogen and oxygen atoms in total. The van der Waals surface area contributed by atoms with Crippen LogP contribution < -0.4 is 5.32 Å². The molecular formula is C13H19F2NO. The van der Waals surface area contributed by atoms with Crippen molar-refractivity contribution in [3.8, 4) is 0 Å². The molecular weight excluding hydrogens is 224 g/mol. The quantitative estimate of drug-likeness (QED) is 0.805. The van der Waals surface area contributed by atoms with Gasteiger partial charge in [-0.1, -0.05) is 13.0 Å². The van der Waals surface area contributed by atoms with E-state index in [1.807, 2.05) is 13.8 Å². The lowest BCUT2D eigenvalue weighted by Crippen LogP contribution is -2.42. The van der Waals surface area contributed by atoms with Crippen LogP contribution in [0, 0.1) is 11.6 Å². The molecule has 1 aromatic carbocycles. The van der Waals surface area contributed by atoms with Gasteiger partial charge in [0.1, 0.15) is 11.6 Å². The van der Waals surface area contributed by atoms with Crippen molar-refractivity contribution in [1.29, 1.82) is 0 Å². The molecule has 1 atom stereocenters. The third kappa shape index (κ3) is 3.75. The van der Waals surface area contributed by atoms with Crippen LogP contribution in [-0.4, -0.2) is 17.3 Å². The molecule has 4 heteroatoms. The van der Waals surface area contributed by atoms with Crippen molar-refractivity contribution in [3.63, 3.8) is 0 Å². The molecule has 0 heterocycles. The van der Waals surface area contributed by atoms with Crippen LogP contribution in [-0.2, 0) is 6.54 Å². The molecule has 0 aliphatic heterocycles. The largest absolute Gasteiger partial charge is 0.396 e. The number of halogens is 2. The van der Waals surface area contributed by atoms with E-state index >= 15 is 0 Å². The zero-order chi connectivity index (χ0) is 12.9. The van der Waals surface area contributed by atoms with Gasteiger partial charge in [0.15, 0.2) is 0 Å². The predicted molar refractivity (Wildman–Crippen MR) is 63.6 cm³/mol. The maximum absolute atomic E-state index is 13.4. The SMILES string of the molecule is CCC(C)(CCO)NCc1c(F)cccc1F. The summed E-state index contributed by atoms with van der Waals surface area (Å²) < 4.78 is 26.8. The lowest BCUT2D eigenvalue weighted by molar-refractivity contribution is 0.213. The van der Waals surface area contributed by atoms with Gasteiger partial charge in [-0.05, 0) is 31.9 Å². The molecule has 96 valence electrons. The Kier molecular flexibility index (Phi) is 5.02. The van der Waals surface area contributed by atoms with Crippen LogP contribution in [0.4, 0.5) is 8.78 Å². The second-order valence-corrected chi connectivity index (χ2v) is 4.44. The summed E-state index contributed by atoms with van der Waals surface area (Å²) in [6.45, 7) is 4.09. The van der Waals surface area contributed by atoms with Gasteiger partial charge in [0, 0.05) is 24.3 Å². The third-order valence-electron chi connectivity index (χ3n) is 3.20.